The minimum absolute atomic E-state index is 0.0840. The van der Waals surface area contributed by atoms with Gasteiger partial charge < -0.3 is 15.0 Å². The monoisotopic (exact) mass is 438 g/mol. The predicted octanol–water partition coefficient (Wildman–Crippen LogP) is 6.84. The Kier molecular flexibility index (Phi) is 14.7. The maximum Gasteiger partial charge on any atom is 0.410 e. The van der Waals surface area contributed by atoms with Crippen LogP contribution in [0.5, 0.6) is 0 Å². The maximum atomic E-state index is 12.3. The van der Waals surface area contributed by atoms with E-state index in [0.717, 1.165) is 19.4 Å². The lowest BCUT2D eigenvalue weighted by molar-refractivity contribution is -0.124. The first-order valence-electron chi connectivity index (χ1n) is 13.1. The lowest BCUT2D eigenvalue weighted by Crippen LogP contribution is -2.37. The summed E-state index contributed by atoms with van der Waals surface area (Å²) in [4.78, 5) is 26.1. The van der Waals surface area contributed by atoms with Gasteiger partial charge in [-0.3, -0.25) is 4.79 Å². The average molecular weight is 439 g/mol. The zero-order valence-electron chi connectivity index (χ0n) is 21.0. The molecule has 2 amide bonds. The summed E-state index contributed by atoms with van der Waals surface area (Å²) in [5.74, 6) is -0.0140. The van der Waals surface area contributed by atoms with Crippen LogP contribution in [0.3, 0.4) is 0 Å². The van der Waals surface area contributed by atoms with E-state index in [4.69, 9.17) is 4.74 Å². The van der Waals surface area contributed by atoms with Crippen molar-refractivity contribution in [3.63, 3.8) is 0 Å². The number of amides is 2. The number of likely N-dealkylation sites (tertiary alicyclic amines) is 1. The Bertz CT molecular complexity index is 488. The van der Waals surface area contributed by atoms with E-state index in [0.29, 0.717) is 13.1 Å². The SMILES string of the molecule is CCCCCCCCCCCCCCCCNC(=O)C1CCN(C(=O)OC(C)(C)C)C1. The molecule has 1 rings (SSSR count). The van der Waals surface area contributed by atoms with Gasteiger partial charge in [-0.2, -0.15) is 0 Å². The van der Waals surface area contributed by atoms with E-state index in [-0.39, 0.29) is 17.9 Å². The fourth-order valence-electron chi connectivity index (χ4n) is 4.14. The average Bonchev–Trinajstić information content (AvgIpc) is 3.20. The third-order valence-corrected chi connectivity index (χ3v) is 6.04. The number of carbonyl (C=O) groups excluding carboxylic acids is 2. The molecule has 1 heterocycles. The second kappa shape index (κ2) is 16.4. The molecule has 1 N–H and O–H groups in total. The standard InChI is InChI=1S/C26H50N2O3/c1-5-6-7-8-9-10-11-12-13-14-15-16-17-18-20-27-24(29)23-19-21-28(22-23)25(30)31-26(2,3)4/h23H,5-22H2,1-4H3,(H,27,29). The highest BCUT2D eigenvalue weighted by atomic mass is 16.6. The third-order valence-electron chi connectivity index (χ3n) is 6.04. The molecule has 0 aliphatic carbocycles. The van der Waals surface area contributed by atoms with Gasteiger partial charge in [0, 0.05) is 19.6 Å². The van der Waals surface area contributed by atoms with E-state index in [1.54, 1.807) is 4.90 Å². The Labute approximate surface area is 192 Å². The molecule has 0 radical (unpaired) electrons. The molecule has 0 aromatic carbocycles. The molecule has 1 saturated heterocycles. The lowest BCUT2D eigenvalue weighted by atomic mass is 10.0. The van der Waals surface area contributed by atoms with E-state index in [9.17, 15) is 9.59 Å². The Morgan fingerprint density at radius 2 is 1.32 bits per heavy atom. The molecule has 0 aromatic heterocycles. The van der Waals surface area contributed by atoms with Gasteiger partial charge in [0.1, 0.15) is 5.60 Å². The van der Waals surface area contributed by atoms with E-state index in [1.165, 1.54) is 83.5 Å². The number of hydrogen-bond donors (Lipinski definition) is 1. The minimum atomic E-state index is -0.495. The molecular formula is C26H50N2O3. The van der Waals surface area contributed by atoms with Crippen LogP contribution < -0.4 is 5.32 Å². The van der Waals surface area contributed by atoms with Crippen molar-refractivity contribution in [2.75, 3.05) is 19.6 Å². The second-order valence-electron chi connectivity index (χ2n) is 10.3. The Morgan fingerprint density at radius 1 is 0.839 bits per heavy atom. The van der Waals surface area contributed by atoms with Crippen LogP contribution in [0.2, 0.25) is 0 Å². The van der Waals surface area contributed by atoms with Gasteiger partial charge in [-0.15, -0.1) is 0 Å². The second-order valence-corrected chi connectivity index (χ2v) is 10.3. The van der Waals surface area contributed by atoms with Crippen LogP contribution in [-0.4, -0.2) is 42.1 Å². The molecule has 1 aliphatic rings. The van der Waals surface area contributed by atoms with Crippen molar-refractivity contribution in [2.24, 2.45) is 5.92 Å². The Balaban J connectivity index is 1.91. The van der Waals surface area contributed by atoms with Crippen LogP contribution in [0, 0.1) is 5.92 Å². The van der Waals surface area contributed by atoms with Crippen LogP contribution in [-0.2, 0) is 9.53 Å². The maximum absolute atomic E-state index is 12.3. The third kappa shape index (κ3) is 14.4. The molecule has 31 heavy (non-hydrogen) atoms. The van der Waals surface area contributed by atoms with Crippen molar-refractivity contribution in [2.45, 2.75) is 130 Å². The smallest absolute Gasteiger partial charge is 0.410 e. The summed E-state index contributed by atoms with van der Waals surface area (Å²) < 4.78 is 5.40. The van der Waals surface area contributed by atoms with Gasteiger partial charge in [0.05, 0.1) is 5.92 Å². The van der Waals surface area contributed by atoms with Crippen molar-refractivity contribution >= 4 is 12.0 Å². The lowest BCUT2D eigenvalue weighted by Gasteiger charge is -2.24. The normalized spacial score (nSPS) is 16.5. The molecule has 182 valence electrons. The van der Waals surface area contributed by atoms with E-state index < -0.39 is 5.60 Å². The molecule has 1 fully saturated rings. The van der Waals surface area contributed by atoms with E-state index in [1.807, 2.05) is 20.8 Å². The number of ether oxygens (including phenoxy) is 1. The zero-order valence-corrected chi connectivity index (χ0v) is 21.0. The highest BCUT2D eigenvalue weighted by molar-refractivity contribution is 5.80. The summed E-state index contributed by atoms with van der Waals surface area (Å²) in [5, 5.41) is 3.06. The summed E-state index contributed by atoms with van der Waals surface area (Å²) in [6.45, 7) is 9.69. The summed E-state index contributed by atoms with van der Waals surface area (Å²) in [7, 11) is 0. The fraction of sp³-hybridized carbons (Fsp3) is 0.923. The Hall–Kier alpha value is -1.26. The molecule has 1 atom stereocenters. The number of hydrogen-bond acceptors (Lipinski definition) is 3. The first-order valence-corrected chi connectivity index (χ1v) is 13.1. The van der Waals surface area contributed by atoms with Crippen molar-refractivity contribution < 1.29 is 14.3 Å². The van der Waals surface area contributed by atoms with Gasteiger partial charge in [0.2, 0.25) is 5.91 Å². The molecule has 1 unspecified atom stereocenters. The molecule has 0 aromatic rings. The predicted molar refractivity (Wildman–Crippen MR) is 129 cm³/mol. The van der Waals surface area contributed by atoms with Crippen molar-refractivity contribution in [3.05, 3.63) is 0 Å². The number of unbranched alkanes of at least 4 members (excludes halogenated alkanes) is 13. The van der Waals surface area contributed by atoms with Crippen LogP contribution >= 0.6 is 0 Å². The topological polar surface area (TPSA) is 58.6 Å². The zero-order chi connectivity index (χ0) is 23.0. The van der Waals surface area contributed by atoms with Crippen LogP contribution in [0.15, 0.2) is 0 Å². The number of nitrogens with one attached hydrogen (secondary N) is 1. The van der Waals surface area contributed by atoms with Crippen LogP contribution in [0.4, 0.5) is 4.79 Å². The summed E-state index contributed by atoms with van der Waals surface area (Å²) in [5.41, 5.74) is -0.495. The number of carbonyl (C=O) groups is 2. The van der Waals surface area contributed by atoms with Gasteiger partial charge in [0.15, 0.2) is 0 Å². The van der Waals surface area contributed by atoms with Crippen LogP contribution in [0.25, 0.3) is 0 Å². The van der Waals surface area contributed by atoms with Crippen molar-refractivity contribution in [3.8, 4) is 0 Å². The molecule has 0 bridgehead atoms. The largest absolute Gasteiger partial charge is 0.444 e. The van der Waals surface area contributed by atoms with Gasteiger partial charge >= 0.3 is 6.09 Å². The van der Waals surface area contributed by atoms with Gasteiger partial charge in [-0.1, -0.05) is 90.4 Å². The molecular weight excluding hydrogens is 388 g/mol. The molecule has 5 nitrogen and oxygen atoms in total. The van der Waals surface area contributed by atoms with Gasteiger partial charge in [0.25, 0.3) is 0 Å². The fourth-order valence-corrected chi connectivity index (χ4v) is 4.14. The number of rotatable bonds is 16. The quantitative estimate of drug-likeness (QED) is 0.268. The minimum Gasteiger partial charge on any atom is -0.444 e. The first kappa shape index (κ1) is 27.8. The highest BCUT2D eigenvalue weighted by Gasteiger charge is 2.33. The van der Waals surface area contributed by atoms with Gasteiger partial charge in [-0.25, -0.2) is 4.79 Å². The summed E-state index contributed by atoms with van der Waals surface area (Å²) >= 11 is 0. The van der Waals surface area contributed by atoms with Crippen molar-refractivity contribution in [1.29, 1.82) is 0 Å². The first-order chi connectivity index (χ1) is 14.8. The van der Waals surface area contributed by atoms with E-state index >= 15 is 0 Å². The van der Waals surface area contributed by atoms with E-state index in [2.05, 4.69) is 12.2 Å². The molecule has 0 saturated carbocycles. The summed E-state index contributed by atoms with van der Waals surface area (Å²) in [6.07, 6.45) is 19.2. The Morgan fingerprint density at radius 3 is 1.81 bits per heavy atom. The molecule has 1 aliphatic heterocycles. The van der Waals surface area contributed by atoms with Crippen molar-refractivity contribution in [1.82, 2.24) is 10.2 Å². The number of nitrogens with zero attached hydrogens (tertiary/aromatic N) is 1. The summed E-state index contributed by atoms with van der Waals surface area (Å²) in [6, 6.07) is 0. The van der Waals surface area contributed by atoms with Crippen LogP contribution in [0.1, 0.15) is 124 Å². The molecule has 5 heteroatoms. The van der Waals surface area contributed by atoms with Gasteiger partial charge in [-0.05, 0) is 33.6 Å². The molecule has 0 spiro atoms. The highest BCUT2D eigenvalue weighted by Crippen LogP contribution is 2.20.